The fraction of sp³-hybridized carbons (Fsp3) is 0.542. The molecule has 2 N–H and O–H groups in total. The van der Waals surface area contributed by atoms with Crippen LogP contribution in [-0.4, -0.2) is 73.2 Å². The fourth-order valence-corrected chi connectivity index (χ4v) is 6.46. The van der Waals surface area contributed by atoms with Gasteiger partial charge in [0.05, 0.1) is 23.0 Å². The van der Waals surface area contributed by atoms with Crippen LogP contribution in [0.15, 0.2) is 60.7 Å². The van der Waals surface area contributed by atoms with Crippen LogP contribution in [0.4, 0.5) is 0 Å². The van der Waals surface area contributed by atoms with Crippen molar-refractivity contribution < 1.29 is 52.5 Å². The van der Waals surface area contributed by atoms with Crippen LogP contribution in [-0.2, 0) is 60.7 Å². The van der Waals surface area contributed by atoms with Gasteiger partial charge < -0.3 is 34.3 Å². The first kappa shape index (κ1) is 51.2. The predicted octanol–water partition coefficient (Wildman–Crippen LogP) is 7.89. The lowest BCUT2D eigenvalue weighted by Gasteiger charge is -2.29. The van der Waals surface area contributed by atoms with E-state index >= 15 is 0 Å². The van der Waals surface area contributed by atoms with Crippen molar-refractivity contribution in [2.24, 2.45) is 22.7 Å². The van der Waals surface area contributed by atoms with E-state index in [0.717, 1.165) is 11.1 Å². The largest absolute Gasteiger partial charge is 0.495 e. The number of carbonyl (C=O) groups excluding carboxylic acids is 6. The maximum atomic E-state index is 13.7. The van der Waals surface area contributed by atoms with Crippen LogP contribution in [0.1, 0.15) is 112 Å². The molecule has 62 heavy (non-hydrogen) atoms. The van der Waals surface area contributed by atoms with E-state index in [-0.39, 0.29) is 63.1 Å². The third-order valence-corrected chi connectivity index (χ3v) is 10.4. The van der Waals surface area contributed by atoms with Crippen LogP contribution in [0.25, 0.3) is 6.08 Å². The third kappa shape index (κ3) is 16.9. The number of carbonyl (C=O) groups is 6. The molecule has 0 bridgehead atoms. The van der Waals surface area contributed by atoms with E-state index in [1.165, 1.54) is 13.2 Å². The van der Waals surface area contributed by atoms with Gasteiger partial charge >= 0.3 is 23.9 Å². The average molecular weight is 882 g/mol. The van der Waals surface area contributed by atoms with Gasteiger partial charge in [-0.25, -0.2) is 4.79 Å². The number of esters is 4. The Morgan fingerprint density at radius 3 is 2.24 bits per heavy atom. The summed E-state index contributed by atoms with van der Waals surface area (Å²) < 4.78 is 28.1. The Bertz CT molecular complexity index is 1950. The summed E-state index contributed by atoms with van der Waals surface area (Å²) in [6.07, 6.45) is 5.45. The summed E-state index contributed by atoms with van der Waals surface area (Å²) in [7, 11) is 1.49. The zero-order valence-electron chi connectivity index (χ0n) is 38.1. The molecule has 0 saturated carbocycles. The molecule has 0 spiro atoms. The first-order chi connectivity index (χ1) is 28.9. The van der Waals surface area contributed by atoms with E-state index in [1.807, 2.05) is 57.2 Å². The summed E-state index contributed by atoms with van der Waals surface area (Å²) in [6, 6.07) is 11.4. The Morgan fingerprint density at radius 1 is 0.968 bits per heavy atom. The molecule has 13 nitrogen and oxygen atoms in total. The normalized spacial score (nSPS) is 20.4. The molecule has 2 aromatic rings. The SMILES string of the molecule is COc1ccc(C[C@H]2NC(=O)/C=C/C[C@@H]([C@H](C)/C=C/c3ccc(COC(=O)C(C)(C)CCC(=O)OC(C)(C)C)cc3)OC(=O)[C@H](CC(C)C)OC(=O)C(C)(C)CNC2=O)cc1Cl. The summed E-state index contributed by atoms with van der Waals surface area (Å²) in [6.45, 7) is 17.6. The standard InChI is InChI=1S/C48H65ClN2O11/c1-30(2)25-39-43(55)60-37(31(3)15-16-32-17-19-33(20-18-32)28-59-44(56)47(7,8)24-23-41(53)62-46(4,5)6)13-12-14-40(52)51-36(27-34-21-22-38(58-11)35(49)26-34)42(54)50-29-48(9,10)45(57)61-39/h12,14-22,26,30-31,36-37,39H,13,23-25,27-29H2,1-11H3,(H,50,54)(H,51,52)/b14-12+,16-15+/t31-,36-,37+,39+/m1/s1. The van der Waals surface area contributed by atoms with Crippen molar-refractivity contribution in [3.05, 3.63) is 82.4 Å². The van der Waals surface area contributed by atoms with Gasteiger partial charge in [0.2, 0.25) is 11.8 Å². The van der Waals surface area contributed by atoms with Gasteiger partial charge in [0.1, 0.15) is 30.1 Å². The molecule has 1 aliphatic heterocycles. The molecular weight excluding hydrogens is 816 g/mol. The minimum atomic E-state index is -1.24. The van der Waals surface area contributed by atoms with Crippen molar-refractivity contribution in [1.29, 1.82) is 0 Å². The summed E-state index contributed by atoms with van der Waals surface area (Å²) in [5.74, 6) is -3.21. The molecule has 1 aliphatic rings. The third-order valence-electron chi connectivity index (χ3n) is 10.1. The van der Waals surface area contributed by atoms with Crippen LogP contribution in [0.3, 0.4) is 0 Å². The number of nitrogens with one attached hydrogen (secondary N) is 2. The summed E-state index contributed by atoms with van der Waals surface area (Å²) in [5.41, 5.74) is -0.469. The Morgan fingerprint density at radius 2 is 1.63 bits per heavy atom. The van der Waals surface area contributed by atoms with Gasteiger partial charge in [-0.2, -0.15) is 0 Å². The van der Waals surface area contributed by atoms with Gasteiger partial charge in [0.15, 0.2) is 6.10 Å². The second-order valence-electron chi connectivity index (χ2n) is 18.5. The summed E-state index contributed by atoms with van der Waals surface area (Å²) in [5, 5.41) is 5.87. The molecular formula is C48H65ClN2O11. The monoisotopic (exact) mass is 880 g/mol. The minimum Gasteiger partial charge on any atom is -0.495 e. The Hall–Kier alpha value is -5.17. The summed E-state index contributed by atoms with van der Waals surface area (Å²) >= 11 is 6.35. The lowest BCUT2D eigenvalue weighted by atomic mass is 9.88. The Balaban J connectivity index is 1.79. The smallest absolute Gasteiger partial charge is 0.347 e. The Labute approximate surface area is 371 Å². The Kier molecular flexibility index (Phi) is 18.8. The van der Waals surface area contributed by atoms with Crippen molar-refractivity contribution in [3.8, 4) is 5.75 Å². The predicted molar refractivity (Wildman–Crippen MR) is 237 cm³/mol. The van der Waals surface area contributed by atoms with E-state index < -0.39 is 64.4 Å². The molecule has 2 amide bonds. The van der Waals surface area contributed by atoms with Crippen LogP contribution in [0, 0.1) is 22.7 Å². The van der Waals surface area contributed by atoms with E-state index in [0.29, 0.717) is 16.3 Å². The highest BCUT2D eigenvalue weighted by atomic mass is 35.5. The van der Waals surface area contributed by atoms with Crippen LogP contribution >= 0.6 is 11.6 Å². The molecule has 0 aromatic heterocycles. The highest BCUT2D eigenvalue weighted by Gasteiger charge is 2.37. The van der Waals surface area contributed by atoms with E-state index in [1.54, 1.807) is 72.7 Å². The van der Waals surface area contributed by atoms with Crippen LogP contribution in [0.5, 0.6) is 5.75 Å². The van der Waals surface area contributed by atoms with Gasteiger partial charge in [0, 0.05) is 31.7 Å². The maximum absolute atomic E-state index is 13.7. The molecule has 0 fully saturated rings. The van der Waals surface area contributed by atoms with E-state index in [2.05, 4.69) is 10.6 Å². The number of methoxy groups -OCH3 is 1. The topological polar surface area (TPSA) is 173 Å². The lowest BCUT2D eigenvalue weighted by Crippen LogP contribution is -2.51. The van der Waals surface area contributed by atoms with Crippen LogP contribution < -0.4 is 15.4 Å². The van der Waals surface area contributed by atoms with Gasteiger partial charge in [-0.3, -0.25) is 24.0 Å². The van der Waals surface area contributed by atoms with E-state index in [4.69, 9.17) is 35.3 Å². The van der Waals surface area contributed by atoms with Crippen molar-refractivity contribution in [2.75, 3.05) is 13.7 Å². The second-order valence-corrected chi connectivity index (χ2v) is 18.9. The quantitative estimate of drug-likeness (QED) is 0.140. The van der Waals surface area contributed by atoms with Gasteiger partial charge in [0.25, 0.3) is 0 Å². The highest BCUT2D eigenvalue weighted by molar-refractivity contribution is 6.32. The van der Waals surface area contributed by atoms with Gasteiger partial charge in [-0.1, -0.05) is 80.9 Å². The fourth-order valence-electron chi connectivity index (χ4n) is 6.18. The molecule has 4 atom stereocenters. The number of halogens is 1. The maximum Gasteiger partial charge on any atom is 0.347 e. The number of ether oxygens (including phenoxy) is 5. The number of amides is 2. The number of hydrogen-bond donors (Lipinski definition) is 2. The molecule has 14 heteroatoms. The van der Waals surface area contributed by atoms with E-state index in [9.17, 15) is 28.8 Å². The molecule has 1 heterocycles. The first-order valence-corrected chi connectivity index (χ1v) is 21.4. The molecule has 0 unspecified atom stereocenters. The lowest BCUT2D eigenvalue weighted by molar-refractivity contribution is -0.178. The molecule has 3 rings (SSSR count). The number of benzene rings is 2. The molecule has 0 saturated heterocycles. The number of hydrogen-bond acceptors (Lipinski definition) is 11. The van der Waals surface area contributed by atoms with Crippen molar-refractivity contribution in [1.82, 2.24) is 10.6 Å². The second kappa shape index (κ2) is 22.8. The number of rotatable bonds is 14. The molecule has 2 aromatic carbocycles. The summed E-state index contributed by atoms with van der Waals surface area (Å²) in [4.78, 5) is 79.2. The molecule has 0 aliphatic carbocycles. The first-order valence-electron chi connectivity index (χ1n) is 21.0. The van der Waals surface area contributed by atoms with Crippen molar-refractivity contribution in [2.45, 2.75) is 132 Å². The molecule has 340 valence electrons. The zero-order valence-corrected chi connectivity index (χ0v) is 38.8. The van der Waals surface area contributed by atoms with Crippen molar-refractivity contribution in [3.63, 3.8) is 0 Å². The zero-order chi connectivity index (χ0) is 46.4. The van der Waals surface area contributed by atoms with Crippen molar-refractivity contribution >= 4 is 53.4 Å². The minimum absolute atomic E-state index is 0.0255. The number of cyclic esters (lactones) is 2. The highest BCUT2D eigenvalue weighted by Crippen LogP contribution is 2.28. The van der Waals surface area contributed by atoms with Crippen LogP contribution in [0.2, 0.25) is 5.02 Å². The average Bonchev–Trinajstić information content (AvgIpc) is 3.18. The van der Waals surface area contributed by atoms with Gasteiger partial charge in [-0.05, 0) is 102 Å². The van der Waals surface area contributed by atoms with Gasteiger partial charge in [-0.15, -0.1) is 0 Å². The molecule has 0 radical (unpaired) electrons.